The van der Waals surface area contributed by atoms with Gasteiger partial charge in [0, 0.05) is 18.1 Å². The molecule has 1 aliphatic heterocycles. The molecule has 1 saturated heterocycles. The van der Waals surface area contributed by atoms with Crippen LogP contribution in [-0.4, -0.2) is 23.0 Å². The molecule has 0 aromatic carbocycles. The molecule has 0 radical (unpaired) electrons. The SMILES string of the molecule is CC(C)N1C2CCCCCCC21. The van der Waals surface area contributed by atoms with Gasteiger partial charge in [0.2, 0.25) is 0 Å². The molecule has 0 aromatic heterocycles. The van der Waals surface area contributed by atoms with E-state index in [2.05, 4.69) is 18.7 Å². The Morgan fingerprint density at radius 3 is 1.83 bits per heavy atom. The van der Waals surface area contributed by atoms with Gasteiger partial charge in [-0.15, -0.1) is 0 Å². The molecule has 0 N–H and O–H groups in total. The Bertz CT molecular complexity index is 139. The van der Waals surface area contributed by atoms with Crippen molar-refractivity contribution in [1.82, 2.24) is 4.90 Å². The summed E-state index contributed by atoms with van der Waals surface area (Å²) in [6.07, 6.45) is 8.87. The van der Waals surface area contributed by atoms with Gasteiger partial charge >= 0.3 is 0 Å². The van der Waals surface area contributed by atoms with Crippen LogP contribution in [0.15, 0.2) is 0 Å². The molecule has 1 saturated carbocycles. The molecule has 1 heterocycles. The van der Waals surface area contributed by atoms with E-state index >= 15 is 0 Å². The molecule has 2 aliphatic rings. The lowest BCUT2D eigenvalue weighted by Gasteiger charge is -2.06. The number of hydrogen-bond donors (Lipinski definition) is 0. The third-order valence-corrected chi connectivity index (χ3v) is 3.47. The highest BCUT2D eigenvalue weighted by molar-refractivity contribution is 5.03. The van der Waals surface area contributed by atoms with Crippen molar-refractivity contribution in [2.45, 2.75) is 70.5 Å². The van der Waals surface area contributed by atoms with E-state index in [0.29, 0.717) is 0 Å². The highest BCUT2D eigenvalue weighted by atomic mass is 15.4. The van der Waals surface area contributed by atoms with Crippen LogP contribution in [0.25, 0.3) is 0 Å². The van der Waals surface area contributed by atoms with Crippen molar-refractivity contribution in [2.24, 2.45) is 0 Å². The van der Waals surface area contributed by atoms with E-state index in [1.165, 1.54) is 38.5 Å². The summed E-state index contributed by atoms with van der Waals surface area (Å²) in [5, 5.41) is 0. The summed E-state index contributed by atoms with van der Waals surface area (Å²) in [7, 11) is 0. The summed E-state index contributed by atoms with van der Waals surface area (Å²) < 4.78 is 0. The average Bonchev–Trinajstić information content (AvgIpc) is 2.60. The van der Waals surface area contributed by atoms with Gasteiger partial charge in [0.15, 0.2) is 0 Å². The molecule has 1 heteroatoms. The van der Waals surface area contributed by atoms with E-state index in [4.69, 9.17) is 0 Å². The molecule has 2 unspecified atom stereocenters. The second-order valence-corrected chi connectivity index (χ2v) is 4.67. The minimum absolute atomic E-state index is 0.790. The molecule has 0 amide bonds. The minimum atomic E-state index is 0.790. The van der Waals surface area contributed by atoms with Crippen molar-refractivity contribution in [1.29, 1.82) is 0 Å². The third kappa shape index (κ3) is 1.52. The topological polar surface area (TPSA) is 3.01 Å². The van der Waals surface area contributed by atoms with Crippen LogP contribution in [0.4, 0.5) is 0 Å². The van der Waals surface area contributed by atoms with Crippen molar-refractivity contribution in [3.05, 3.63) is 0 Å². The Morgan fingerprint density at radius 2 is 1.42 bits per heavy atom. The molecule has 1 nitrogen and oxygen atoms in total. The zero-order chi connectivity index (χ0) is 8.55. The maximum Gasteiger partial charge on any atom is 0.0258 e. The van der Waals surface area contributed by atoms with Gasteiger partial charge in [0.05, 0.1) is 0 Å². The van der Waals surface area contributed by atoms with Crippen molar-refractivity contribution >= 4 is 0 Å². The van der Waals surface area contributed by atoms with Crippen LogP contribution >= 0.6 is 0 Å². The van der Waals surface area contributed by atoms with Gasteiger partial charge in [-0.3, -0.25) is 4.90 Å². The lowest BCUT2D eigenvalue weighted by atomic mass is 10.0. The van der Waals surface area contributed by atoms with Crippen LogP contribution in [0, 0.1) is 0 Å². The van der Waals surface area contributed by atoms with E-state index in [-0.39, 0.29) is 0 Å². The van der Waals surface area contributed by atoms with E-state index in [9.17, 15) is 0 Å². The largest absolute Gasteiger partial charge is 0.292 e. The fourth-order valence-electron chi connectivity index (χ4n) is 2.87. The first kappa shape index (κ1) is 8.55. The molecule has 2 atom stereocenters. The monoisotopic (exact) mass is 167 g/mol. The van der Waals surface area contributed by atoms with Crippen molar-refractivity contribution in [3.8, 4) is 0 Å². The average molecular weight is 167 g/mol. The molecule has 0 bridgehead atoms. The van der Waals surface area contributed by atoms with Gasteiger partial charge in [0.25, 0.3) is 0 Å². The third-order valence-electron chi connectivity index (χ3n) is 3.47. The Morgan fingerprint density at radius 1 is 0.917 bits per heavy atom. The van der Waals surface area contributed by atoms with Crippen molar-refractivity contribution < 1.29 is 0 Å². The molecular weight excluding hydrogens is 146 g/mol. The van der Waals surface area contributed by atoms with E-state index < -0.39 is 0 Å². The lowest BCUT2D eigenvalue weighted by molar-refractivity contribution is 0.387. The maximum atomic E-state index is 2.71. The van der Waals surface area contributed by atoms with Crippen LogP contribution in [0.2, 0.25) is 0 Å². The van der Waals surface area contributed by atoms with Crippen LogP contribution in [-0.2, 0) is 0 Å². The first-order valence-corrected chi connectivity index (χ1v) is 5.58. The molecule has 12 heavy (non-hydrogen) atoms. The fraction of sp³-hybridized carbons (Fsp3) is 1.00. The van der Waals surface area contributed by atoms with Gasteiger partial charge in [0.1, 0.15) is 0 Å². The van der Waals surface area contributed by atoms with E-state index in [1.807, 2.05) is 0 Å². The molecule has 70 valence electrons. The predicted molar refractivity (Wildman–Crippen MR) is 52.3 cm³/mol. The molecule has 2 rings (SSSR count). The summed E-state index contributed by atoms with van der Waals surface area (Å²) in [5.74, 6) is 0. The minimum Gasteiger partial charge on any atom is -0.292 e. The van der Waals surface area contributed by atoms with Gasteiger partial charge in [-0.05, 0) is 26.7 Å². The summed E-state index contributed by atoms with van der Waals surface area (Å²) >= 11 is 0. The zero-order valence-electron chi connectivity index (χ0n) is 8.42. The normalized spacial score (nSPS) is 41.8. The van der Waals surface area contributed by atoms with Gasteiger partial charge < -0.3 is 0 Å². The van der Waals surface area contributed by atoms with Crippen LogP contribution < -0.4 is 0 Å². The van der Waals surface area contributed by atoms with Crippen LogP contribution in [0.5, 0.6) is 0 Å². The molecule has 1 aliphatic carbocycles. The molecular formula is C11H21N. The summed E-state index contributed by atoms with van der Waals surface area (Å²) in [6.45, 7) is 4.68. The lowest BCUT2D eigenvalue weighted by Crippen LogP contribution is -2.13. The van der Waals surface area contributed by atoms with Gasteiger partial charge in [-0.25, -0.2) is 0 Å². The van der Waals surface area contributed by atoms with Crippen molar-refractivity contribution in [3.63, 3.8) is 0 Å². The second-order valence-electron chi connectivity index (χ2n) is 4.67. The Kier molecular flexibility index (Phi) is 2.40. The van der Waals surface area contributed by atoms with Crippen LogP contribution in [0.3, 0.4) is 0 Å². The Labute approximate surface area is 76.1 Å². The predicted octanol–water partition coefficient (Wildman–Crippen LogP) is 2.80. The molecule has 2 fully saturated rings. The summed E-state index contributed by atoms with van der Waals surface area (Å²) in [6, 6.07) is 2.74. The fourth-order valence-corrected chi connectivity index (χ4v) is 2.87. The Balaban J connectivity index is 1.89. The highest BCUT2D eigenvalue weighted by Gasteiger charge is 2.47. The number of nitrogens with zero attached hydrogens (tertiary/aromatic N) is 1. The number of rotatable bonds is 1. The maximum absolute atomic E-state index is 2.71. The van der Waals surface area contributed by atoms with Crippen LogP contribution in [0.1, 0.15) is 52.4 Å². The number of fused-ring (bicyclic) bond motifs is 1. The summed E-state index contributed by atoms with van der Waals surface area (Å²) in [5.41, 5.74) is 0. The van der Waals surface area contributed by atoms with Gasteiger partial charge in [-0.2, -0.15) is 0 Å². The van der Waals surface area contributed by atoms with E-state index in [0.717, 1.165) is 18.1 Å². The standard InChI is InChI=1S/C11H21N/c1-9(2)12-10-7-5-3-4-6-8-11(10)12/h9-11H,3-8H2,1-2H3. The smallest absolute Gasteiger partial charge is 0.0258 e. The number of hydrogen-bond acceptors (Lipinski definition) is 1. The van der Waals surface area contributed by atoms with Crippen molar-refractivity contribution in [2.75, 3.05) is 0 Å². The zero-order valence-corrected chi connectivity index (χ0v) is 8.42. The van der Waals surface area contributed by atoms with E-state index in [1.54, 1.807) is 0 Å². The van der Waals surface area contributed by atoms with Gasteiger partial charge in [-0.1, -0.05) is 25.7 Å². The second kappa shape index (κ2) is 3.37. The Hall–Kier alpha value is -0.0400. The molecule has 0 aromatic rings. The first-order chi connectivity index (χ1) is 5.80. The molecule has 0 spiro atoms. The first-order valence-electron chi connectivity index (χ1n) is 5.58. The highest BCUT2D eigenvalue weighted by Crippen LogP contribution is 2.39. The summed E-state index contributed by atoms with van der Waals surface area (Å²) in [4.78, 5) is 2.71. The quantitative estimate of drug-likeness (QED) is 0.543.